The zero-order valence-electron chi connectivity index (χ0n) is 15.2. The molecule has 4 rings (SSSR count). The SMILES string of the molecule is O=C(Cc1cn2ccsc2n1)Nc1ccc(OC(F)F)c(Cc2ccccc2)c1. The van der Waals surface area contributed by atoms with Crippen LogP contribution in [-0.4, -0.2) is 21.9 Å². The lowest BCUT2D eigenvalue weighted by atomic mass is 10.0. The summed E-state index contributed by atoms with van der Waals surface area (Å²) >= 11 is 1.49. The summed E-state index contributed by atoms with van der Waals surface area (Å²) < 4.78 is 32.0. The van der Waals surface area contributed by atoms with Gasteiger partial charge in [0.15, 0.2) is 4.96 Å². The number of carbonyl (C=O) groups is 1. The largest absolute Gasteiger partial charge is 0.435 e. The molecule has 2 heterocycles. The summed E-state index contributed by atoms with van der Waals surface area (Å²) in [4.78, 5) is 17.6. The van der Waals surface area contributed by atoms with Gasteiger partial charge < -0.3 is 10.1 Å². The van der Waals surface area contributed by atoms with Crippen LogP contribution in [0.25, 0.3) is 4.96 Å². The topological polar surface area (TPSA) is 55.6 Å². The number of thiazole rings is 1. The fraction of sp³-hybridized carbons (Fsp3) is 0.143. The minimum absolute atomic E-state index is 0.0937. The van der Waals surface area contributed by atoms with Crippen LogP contribution in [0.4, 0.5) is 14.5 Å². The smallest absolute Gasteiger partial charge is 0.387 e. The highest BCUT2D eigenvalue weighted by molar-refractivity contribution is 7.15. The first-order valence-corrected chi connectivity index (χ1v) is 9.77. The number of amides is 1. The second-order valence-corrected chi connectivity index (χ2v) is 7.29. The molecule has 0 atom stereocenters. The van der Waals surface area contributed by atoms with Gasteiger partial charge in [0.2, 0.25) is 5.91 Å². The number of halogens is 2. The molecule has 0 aliphatic rings. The van der Waals surface area contributed by atoms with Crippen LogP contribution in [0.2, 0.25) is 0 Å². The first-order valence-electron chi connectivity index (χ1n) is 8.89. The number of hydrogen-bond donors (Lipinski definition) is 1. The number of aromatic nitrogens is 2. The van der Waals surface area contributed by atoms with Crippen LogP contribution < -0.4 is 10.1 Å². The van der Waals surface area contributed by atoms with E-state index in [1.54, 1.807) is 12.1 Å². The summed E-state index contributed by atoms with van der Waals surface area (Å²) in [6.45, 7) is -2.92. The van der Waals surface area contributed by atoms with Crippen LogP contribution in [0.1, 0.15) is 16.8 Å². The molecule has 1 N–H and O–H groups in total. The standard InChI is InChI=1S/C21H17F2N3O2S/c22-20(23)28-18-7-6-16(11-15(18)10-14-4-2-1-3-5-14)24-19(27)12-17-13-26-8-9-29-21(26)25-17/h1-9,11,13,20H,10,12H2,(H,24,27). The lowest BCUT2D eigenvalue weighted by Gasteiger charge is -2.13. The lowest BCUT2D eigenvalue weighted by Crippen LogP contribution is -2.15. The highest BCUT2D eigenvalue weighted by Crippen LogP contribution is 2.27. The van der Waals surface area contributed by atoms with Gasteiger partial charge in [-0.05, 0) is 23.8 Å². The third-order valence-corrected chi connectivity index (χ3v) is 5.05. The molecule has 5 nitrogen and oxygen atoms in total. The van der Waals surface area contributed by atoms with E-state index in [1.807, 2.05) is 52.5 Å². The molecule has 8 heteroatoms. The second-order valence-electron chi connectivity index (χ2n) is 6.41. The first-order chi connectivity index (χ1) is 14.1. The molecule has 0 radical (unpaired) electrons. The van der Waals surface area contributed by atoms with Gasteiger partial charge in [-0.25, -0.2) is 4.98 Å². The first kappa shape index (κ1) is 19.1. The minimum Gasteiger partial charge on any atom is -0.435 e. The van der Waals surface area contributed by atoms with Crippen molar-refractivity contribution in [3.63, 3.8) is 0 Å². The molecule has 0 fully saturated rings. The monoisotopic (exact) mass is 413 g/mol. The van der Waals surface area contributed by atoms with E-state index in [9.17, 15) is 13.6 Å². The number of carbonyl (C=O) groups excluding carboxylic acids is 1. The summed E-state index contributed by atoms with van der Waals surface area (Å²) in [5.41, 5.74) is 2.70. The summed E-state index contributed by atoms with van der Waals surface area (Å²) in [6, 6.07) is 14.1. The average Bonchev–Trinajstić information content (AvgIpc) is 3.26. The van der Waals surface area contributed by atoms with E-state index in [0.29, 0.717) is 23.4 Å². The molecule has 0 aliphatic heterocycles. The van der Waals surface area contributed by atoms with Crippen molar-refractivity contribution >= 4 is 27.9 Å². The van der Waals surface area contributed by atoms with E-state index in [0.717, 1.165) is 10.5 Å². The zero-order valence-corrected chi connectivity index (χ0v) is 16.0. The fourth-order valence-electron chi connectivity index (χ4n) is 3.05. The summed E-state index contributed by atoms with van der Waals surface area (Å²) in [5.74, 6) is -0.139. The van der Waals surface area contributed by atoms with Gasteiger partial charge in [0.1, 0.15) is 5.75 Å². The molecule has 0 spiro atoms. The van der Waals surface area contributed by atoms with Crippen molar-refractivity contribution in [2.75, 3.05) is 5.32 Å². The van der Waals surface area contributed by atoms with Crippen molar-refractivity contribution < 1.29 is 18.3 Å². The third-order valence-electron chi connectivity index (χ3n) is 4.28. The quantitative estimate of drug-likeness (QED) is 0.475. The molecule has 148 valence electrons. The van der Waals surface area contributed by atoms with Crippen molar-refractivity contribution in [2.24, 2.45) is 0 Å². The summed E-state index contributed by atoms with van der Waals surface area (Å²) in [6.07, 6.45) is 4.22. The van der Waals surface area contributed by atoms with Crippen LogP contribution in [0.3, 0.4) is 0 Å². The van der Waals surface area contributed by atoms with Gasteiger partial charge in [0, 0.05) is 35.4 Å². The molecule has 0 saturated carbocycles. The maximum absolute atomic E-state index is 12.8. The van der Waals surface area contributed by atoms with Crippen molar-refractivity contribution in [3.8, 4) is 5.75 Å². The average molecular weight is 413 g/mol. The van der Waals surface area contributed by atoms with Crippen LogP contribution in [0.5, 0.6) is 5.75 Å². The Morgan fingerprint density at radius 2 is 2.03 bits per heavy atom. The summed E-state index contributed by atoms with van der Waals surface area (Å²) in [5, 5.41) is 4.73. The van der Waals surface area contributed by atoms with E-state index >= 15 is 0 Å². The minimum atomic E-state index is -2.92. The number of ether oxygens (including phenoxy) is 1. The molecular formula is C21H17F2N3O2S. The molecule has 2 aromatic carbocycles. The lowest BCUT2D eigenvalue weighted by molar-refractivity contribution is -0.115. The predicted molar refractivity (Wildman–Crippen MR) is 108 cm³/mol. The predicted octanol–water partition coefficient (Wildman–Crippen LogP) is 4.77. The van der Waals surface area contributed by atoms with E-state index in [4.69, 9.17) is 0 Å². The van der Waals surface area contributed by atoms with Gasteiger partial charge in [-0.15, -0.1) is 11.3 Å². The number of benzene rings is 2. The van der Waals surface area contributed by atoms with E-state index in [1.165, 1.54) is 17.4 Å². The highest BCUT2D eigenvalue weighted by atomic mass is 32.1. The number of anilines is 1. The Bertz CT molecular complexity index is 1100. The number of nitrogens with one attached hydrogen (secondary N) is 1. The second kappa shape index (κ2) is 8.40. The Morgan fingerprint density at radius 3 is 2.79 bits per heavy atom. The van der Waals surface area contributed by atoms with Crippen molar-refractivity contribution in [2.45, 2.75) is 19.5 Å². The van der Waals surface area contributed by atoms with Crippen LogP contribution in [0.15, 0.2) is 66.3 Å². The highest BCUT2D eigenvalue weighted by Gasteiger charge is 2.13. The van der Waals surface area contributed by atoms with Gasteiger partial charge >= 0.3 is 6.61 Å². The van der Waals surface area contributed by atoms with E-state index < -0.39 is 6.61 Å². The number of fused-ring (bicyclic) bond motifs is 1. The Morgan fingerprint density at radius 1 is 1.21 bits per heavy atom. The van der Waals surface area contributed by atoms with E-state index in [-0.39, 0.29) is 18.1 Å². The molecule has 0 unspecified atom stereocenters. The Hall–Kier alpha value is -3.26. The third kappa shape index (κ3) is 4.78. The number of rotatable bonds is 7. The number of alkyl halides is 2. The van der Waals surface area contributed by atoms with Gasteiger partial charge in [0.25, 0.3) is 0 Å². The summed E-state index contributed by atoms with van der Waals surface area (Å²) in [7, 11) is 0. The van der Waals surface area contributed by atoms with Crippen LogP contribution in [0, 0.1) is 0 Å². The molecule has 0 saturated heterocycles. The number of hydrogen-bond acceptors (Lipinski definition) is 4. The Labute approximate surface area is 169 Å². The molecule has 29 heavy (non-hydrogen) atoms. The Balaban J connectivity index is 1.50. The molecule has 1 amide bonds. The fourth-order valence-corrected chi connectivity index (χ4v) is 3.77. The number of imidazole rings is 1. The molecular weight excluding hydrogens is 396 g/mol. The van der Waals surface area contributed by atoms with Gasteiger partial charge in [-0.2, -0.15) is 8.78 Å². The maximum Gasteiger partial charge on any atom is 0.387 e. The normalized spacial score (nSPS) is 11.1. The van der Waals surface area contributed by atoms with Crippen molar-refractivity contribution in [1.82, 2.24) is 9.38 Å². The van der Waals surface area contributed by atoms with Gasteiger partial charge in [-0.3, -0.25) is 9.20 Å². The van der Waals surface area contributed by atoms with Gasteiger partial charge in [-0.1, -0.05) is 30.3 Å². The van der Waals surface area contributed by atoms with Crippen molar-refractivity contribution in [3.05, 3.63) is 83.1 Å². The van der Waals surface area contributed by atoms with Gasteiger partial charge in [0.05, 0.1) is 12.1 Å². The molecule has 0 bridgehead atoms. The zero-order chi connectivity index (χ0) is 20.2. The molecule has 2 aromatic heterocycles. The molecule has 0 aliphatic carbocycles. The maximum atomic E-state index is 12.8. The van der Waals surface area contributed by atoms with E-state index in [2.05, 4.69) is 15.0 Å². The number of nitrogens with zero attached hydrogens (tertiary/aromatic N) is 2. The van der Waals surface area contributed by atoms with Crippen molar-refractivity contribution in [1.29, 1.82) is 0 Å². The van der Waals surface area contributed by atoms with Crippen LogP contribution >= 0.6 is 11.3 Å². The molecule has 4 aromatic rings. The van der Waals surface area contributed by atoms with Crippen LogP contribution in [-0.2, 0) is 17.6 Å². The Kier molecular flexibility index (Phi) is 5.53.